The maximum atomic E-state index is 11.9. The van der Waals surface area contributed by atoms with Gasteiger partial charge in [0.2, 0.25) is 0 Å². The van der Waals surface area contributed by atoms with Crippen molar-refractivity contribution < 1.29 is 9.53 Å². The molecule has 0 aromatic heterocycles. The minimum Gasteiger partial charge on any atom is -0.462 e. The number of rotatable bonds is 13. The van der Waals surface area contributed by atoms with Gasteiger partial charge in [0, 0.05) is 6.42 Å². The van der Waals surface area contributed by atoms with Gasteiger partial charge in [-0.25, -0.2) is 0 Å². The van der Waals surface area contributed by atoms with Crippen LogP contribution in [0.4, 0.5) is 0 Å². The second-order valence-electron chi connectivity index (χ2n) is 7.01. The van der Waals surface area contributed by atoms with Crippen molar-refractivity contribution in [3.63, 3.8) is 0 Å². The first-order valence-corrected chi connectivity index (χ1v) is 9.63. The number of esters is 1. The predicted molar refractivity (Wildman–Crippen MR) is 105 cm³/mol. The zero-order valence-corrected chi connectivity index (χ0v) is 16.5. The summed E-state index contributed by atoms with van der Waals surface area (Å²) in [4.78, 5) is 11.9. The van der Waals surface area contributed by atoms with Gasteiger partial charge in [-0.3, -0.25) is 4.79 Å². The van der Waals surface area contributed by atoms with Crippen molar-refractivity contribution in [2.24, 2.45) is 11.8 Å². The third kappa shape index (κ3) is 13.2. The average molecular weight is 335 g/mol. The van der Waals surface area contributed by atoms with Crippen LogP contribution in [0.5, 0.6) is 0 Å². The summed E-state index contributed by atoms with van der Waals surface area (Å²) in [5, 5.41) is 0. The van der Waals surface area contributed by atoms with E-state index < -0.39 is 0 Å². The summed E-state index contributed by atoms with van der Waals surface area (Å²) in [6, 6.07) is 0. The summed E-state index contributed by atoms with van der Waals surface area (Å²) in [5.41, 5.74) is 0. The minimum absolute atomic E-state index is 0.0320. The summed E-state index contributed by atoms with van der Waals surface area (Å²) >= 11 is 0. The molecule has 2 nitrogen and oxygen atoms in total. The first kappa shape index (κ1) is 22.7. The second-order valence-corrected chi connectivity index (χ2v) is 7.01. The van der Waals surface area contributed by atoms with Gasteiger partial charge in [0.1, 0.15) is 6.10 Å². The molecule has 0 rings (SSSR count). The predicted octanol–water partition coefficient (Wildman–Crippen LogP) is 6.63. The highest BCUT2D eigenvalue weighted by Crippen LogP contribution is 2.17. The molecule has 0 aliphatic rings. The molecule has 0 fully saturated rings. The maximum absolute atomic E-state index is 11.9. The van der Waals surface area contributed by atoms with E-state index in [-0.39, 0.29) is 12.1 Å². The third-order valence-corrected chi connectivity index (χ3v) is 3.83. The lowest BCUT2D eigenvalue weighted by atomic mass is 9.96. The number of hydrogen-bond donors (Lipinski definition) is 0. The zero-order chi connectivity index (χ0) is 18.2. The molecular formula is C22H38O2. The SMILES string of the molecule is CCC/C=C\C/C=C\C/C=C\CCCC(=O)OC(C(C)C)C(C)C. The highest BCUT2D eigenvalue weighted by atomic mass is 16.5. The van der Waals surface area contributed by atoms with Gasteiger partial charge in [-0.05, 0) is 43.9 Å². The minimum atomic E-state index is -0.0606. The highest BCUT2D eigenvalue weighted by Gasteiger charge is 2.21. The fourth-order valence-corrected chi connectivity index (χ4v) is 2.56. The highest BCUT2D eigenvalue weighted by molar-refractivity contribution is 5.69. The lowest BCUT2D eigenvalue weighted by molar-refractivity contribution is -0.154. The first-order chi connectivity index (χ1) is 11.5. The molecule has 0 N–H and O–H groups in total. The Bertz CT molecular complexity index is 381. The molecule has 0 unspecified atom stereocenters. The van der Waals surface area contributed by atoms with Gasteiger partial charge in [-0.1, -0.05) is 77.5 Å². The van der Waals surface area contributed by atoms with Crippen LogP contribution in [0.2, 0.25) is 0 Å². The molecule has 0 saturated heterocycles. The summed E-state index contributed by atoms with van der Waals surface area (Å²) in [5.74, 6) is 0.685. The van der Waals surface area contributed by atoms with Gasteiger partial charge < -0.3 is 4.74 Å². The van der Waals surface area contributed by atoms with E-state index in [2.05, 4.69) is 71.1 Å². The summed E-state index contributed by atoms with van der Waals surface area (Å²) in [6.07, 6.45) is 19.9. The van der Waals surface area contributed by atoms with Gasteiger partial charge in [0.25, 0.3) is 0 Å². The van der Waals surface area contributed by atoms with Crippen LogP contribution in [0, 0.1) is 11.8 Å². The van der Waals surface area contributed by atoms with E-state index >= 15 is 0 Å². The van der Waals surface area contributed by atoms with Crippen molar-refractivity contribution in [1.29, 1.82) is 0 Å². The van der Waals surface area contributed by atoms with Crippen LogP contribution in [-0.4, -0.2) is 12.1 Å². The number of ether oxygens (including phenoxy) is 1. The molecule has 2 heteroatoms. The van der Waals surface area contributed by atoms with Crippen LogP contribution in [0.3, 0.4) is 0 Å². The van der Waals surface area contributed by atoms with Crippen LogP contribution in [-0.2, 0) is 9.53 Å². The lowest BCUT2D eigenvalue weighted by Gasteiger charge is -2.24. The largest absolute Gasteiger partial charge is 0.462 e. The van der Waals surface area contributed by atoms with E-state index in [9.17, 15) is 4.79 Å². The molecule has 0 radical (unpaired) electrons. The Morgan fingerprint density at radius 2 is 1.33 bits per heavy atom. The quantitative estimate of drug-likeness (QED) is 0.215. The van der Waals surface area contributed by atoms with Crippen molar-refractivity contribution >= 4 is 5.97 Å². The molecule has 138 valence electrons. The van der Waals surface area contributed by atoms with E-state index in [4.69, 9.17) is 4.74 Å². The Labute approximate surface area is 150 Å². The number of carbonyl (C=O) groups is 1. The molecule has 0 aromatic rings. The number of unbranched alkanes of at least 4 members (excludes halogenated alkanes) is 2. The standard InChI is InChI=1S/C22H38O2/c1-6-7-8-9-10-11-12-13-14-15-16-17-18-21(23)24-22(19(2)3)20(4)5/h8-9,11-12,14-15,19-20,22H,6-7,10,13,16-18H2,1-5H3/b9-8-,12-11-,15-14-. The molecule has 0 heterocycles. The van der Waals surface area contributed by atoms with Crippen LogP contribution in [0.15, 0.2) is 36.5 Å². The van der Waals surface area contributed by atoms with Gasteiger partial charge >= 0.3 is 5.97 Å². The maximum Gasteiger partial charge on any atom is 0.306 e. The van der Waals surface area contributed by atoms with E-state index in [1.54, 1.807) is 0 Å². The zero-order valence-electron chi connectivity index (χ0n) is 16.5. The molecule has 0 aliphatic heterocycles. The van der Waals surface area contributed by atoms with E-state index in [1.165, 1.54) is 12.8 Å². The first-order valence-electron chi connectivity index (χ1n) is 9.63. The van der Waals surface area contributed by atoms with E-state index in [0.29, 0.717) is 18.3 Å². The molecule has 0 spiro atoms. The normalized spacial score (nSPS) is 12.7. The van der Waals surface area contributed by atoms with Crippen molar-refractivity contribution in [2.75, 3.05) is 0 Å². The molecule has 0 saturated carbocycles. The fraction of sp³-hybridized carbons (Fsp3) is 0.682. The monoisotopic (exact) mass is 334 g/mol. The molecule has 0 aliphatic carbocycles. The Balaban J connectivity index is 3.74. The van der Waals surface area contributed by atoms with Crippen LogP contribution < -0.4 is 0 Å². The second kappa shape index (κ2) is 15.2. The van der Waals surface area contributed by atoms with Crippen LogP contribution in [0.1, 0.15) is 79.6 Å². The summed E-state index contributed by atoms with van der Waals surface area (Å²) in [7, 11) is 0. The van der Waals surface area contributed by atoms with Gasteiger partial charge in [-0.2, -0.15) is 0 Å². The molecule has 0 aromatic carbocycles. The number of hydrogen-bond acceptors (Lipinski definition) is 2. The molecule has 0 atom stereocenters. The van der Waals surface area contributed by atoms with Crippen molar-refractivity contribution in [3.8, 4) is 0 Å². The third-order valence-electron chi connectivity index (χ3n) is 3.83. The van der Waals surface area contributed by atoms with E-state index in [1.807, 2.05) is 0 Å². The topological polar surface area (TPSA) is 26.3 Å². The van der Waals surface area contributed by atoms with Crippen LogP contribution in [0.25, 0.3) is 0 Å². The number of carbonyl (C=O) groups excluding carboxylic acids is 1. The average Bonchev–Trinajstić information content (AvgIpc) is 2.53. The van der Waals surface area contributed by atoms with Crippen molar-refractivity contribution in [1.82, 2.24) is 0 Å². The summed E-state index contributed by atoms with van der Waals surface area (Å²) in [6.45, 7) is 10.6. The molecule has 24 heavy (non-hydrogen) atoms. The fourth-order valence-electron chi connectivity index (χ4n) is 2.56. The number of allylic oxidation sites excluding steroid dienone is 6. The Morgan fingerprint density at radius 1 is 0.833 bits per heavy atom. The smallest absolute Gasteiger partial charge is 0.306 e. The lowest BCUT2D eigenvalue weighted by Crippen LogP contribution is -2.28. The van der Waals surface area contributed by atoms with Crippen LogP contribution >= 0.6 is 0 Å². The summed E-state index contributed by atoms with van der Waals surface area (Å²) < 4.78 is 5.59. The Kier molecular flexibility index (Phi) is 14.4. The van der Waals surface area contributed by atoms with Gasteiger partial charge in [0.15, 0.2) is 0 Å². The Morgan fingerprint density at radius 3 is 1.83 bits per heavy atom. The molecule has 0 bridgehead atoms. The van der Waals surface area contributed by atoms with Gasteiger partial charge in [-0.15, -0.1) is 0 Å². The van der Waals surface area contributed by atoms with Crippen molar-refractivity contribution in [2.45, 2.75) is 85.7 Å². The molecule has 0 amide bonds. The Hall–Kier alpha value is -1.31. The van der Waals surface area contributed by atoms with Crippen molar-refractivity contribution in [3.05, 3.63) is 36.5 Å². The van der Waals surface area contributed by atoms with Gasteiger partial charge in [0.05, 0.1) is 0 Å². The molecular weight excluding hydrogens is 296 g/mol. The van der Waals surface area contributed by atoms with E-state index in [0.717, 1.165) is 25.7 Å².